The van der Waals surface area contributed by atoms with E-state index in [0.717, 1.165) is 25.9 Å². The van der Waals surface area contributed by atoms with E-state index < -0.39 is 5.97 Å². The van der Waals surface area contributed by atoms with Gasteiger partial charge in [-0.1, -0.05) is 0 Å². The Morgan fingerprint density at radius 1 is 1.53 bits per heavy atom. The van der Waals surface area contributed by atoms with Crippen LogP contribution >= 0.6 is 11.8 Å². The lowest BCUT2D eigenvalue weighted by Crippen LogP contribution is -2.43. The van der Waals surface area contributed by atoms with Crippen molar-refractivity contribution in [3.8, 4) is 0 Å². The van der Waals surface area contributed by atoms with Gasteiger partial charge in [-0.3, -0.25) is 9.59 Å². The number of likely N-dealkylation sites (tertiary alicyclic amines) is 1. The number of carbonyl (C=O) groups is 2. The first-order chi connectivity index (χ1) is 8.04. The maximum atomic E-state index is 12.0. The zero-order valence-electron chi connectivity index (χ0n) is 10.5. The Morgan fingerprint density at radius 2 is 2.24 bits per heavy atom. The first kappa shape index (κ1) is 14.4. The molecule has 1 aliphatic heterocycles. The molecule has 2 unspecified atom stereocenters. The highest BCUT2D eigenvalue weighted by atomic mass is 32.2. The molecule has 0 radical (unpaired) electrons. The van der Waals surface area contributed by atoms with Gasteiger partial charge in [0.25, 0.3) is 0 Å². The summed E-state index contributed by atoms with van der Waals surface area (Å²) in [7, 11) is 0. The summed E-state index contributed by atoms with van der Waals surface area (Å²) in [5, 5.41) is 8.67. The average Bonchev–Trinajstić information content (AvgIpc) is 2.34. The summed E-state index contributed by atoms with van der Waals surface area (Å²) in [5.41, 5.74) is 0. The number of piperidine rings is 1. The van der Waals surface area contributed by atoms with E-state index in [9.17, 15) is 9.59 Å². The van der Waals surface area contributed by atoms with Gasteiger partial charge in [0, 0.05) is 19.5 Å². The highest BCUT2D eigenvalue weighted by Crippen LogP contribution is 2.22. The Bertz CT molecular complexity index is 283. The van der Waals surface area contributed by atoms with Gasteiger partial charge in [-0.2, -0.15) is 11.8 Å². The molecule has 1 aliphatic rings. The van der Waals surface area contributed by atoms with Crippen molar-refractivity contribution in [3.63, 3.8) is 0 Å². The van der Waals surface area contributed by atoms with E-state index >= 15 is 0 Å². The second kappa shape index (κ2) is 6.89. The number of aliphatic carboxylic acids is 1. The number of carboxylic acids is 1. The third-order valence-electron chi connectivity index (χ3n) is 3.30. The van der Waals surface area contributed by atoms with Gasteiger partial charge < -0.3 is 10.0 Å². The van der Waals surface area contributed by atoms with Crippen molar-refractivity contribution in [2.75, 3.05) is 19.3 Å². The summed E-state index contributed by atoms with van der Waals surface area (Å²) in [6.45, 7) is 3.48. The van der Waals surface area contributed by atoms with Crippen LogP contribution in [0.15, 0.2) is 0 Å². The summed E-state index contributed by atoms with van der Waals surface area (Å²) < 4.78 is 0. The highest BCUT2D eigenvalue weighted by molar-refractivity contribution is 7.99. The maximum Gasteiger partial charge on any atom is 0.303 e. The molecule has 1 heterocycles. The van der Waals surface area contributed by atoms with Crippen molar-refractivity contribution < 1.29 is 14.7 Å². The van der Waals surface area contributed by atoms with Crippen LogP contribution in [0.25, 0.3) is 0 Å². The first-order valence-electron chi connectivity index (χ1n) is 6.08. The molecular formula is C12H21NO3S. The molecule has 0 aliphatic carbocycles. The van der Waals surface area contributed by atoms with Gasteiger partial charge in [0.05, 0.1) is 5.25 Å². The van der Waals surface area contributed by atoms with E-state index in [4.69, 9.17) is 5.11 Å². The van der Waals surface area contributed by atoms with Crippen LogP contribution in [0.1, 0.15) is 32.6 Å². The molecule has 0 aromatic heterocycles. The third kappa shape index (κ3) is 4.58. The number of nitrogens with zero attached hydrogens (tertiary/aromatic N) is 1. The minimum absolute atomic E-state index is 0.00761. The van der Waals surface area contributed by atoms with Crippen molar-refractivity contribution in [2.45, 2.75) is 37.9 Å². The molecule has 1 saturated heterocycles. The molecule has 0 bridgehead atoms. The number of carbonyl (C=O) groups excluding carboxylic acids is 1. The molecule has 0 aromatic carbocycles. The van der Waals surface area contributed by atoms with Gasteiger partial charge in [-0.15, -0.1) is 0 Å². The van der Waals surface area contributed by atoms with E-state index in [2.05, 4.69) is 0 Å². The van der Waals surface area contributed by atoms with Gasteiger partial charge >= 0.3 is 5.97 Å². The van der Waals surface area contributed by atoms with Crippen LogP contribution < -0.4 is 0 Å². The van der Waals surface area contributed by atoms with Crippen molar-refractivity contribution in [1.82, 2.24) is 4.90 Å². The van der Waals surface area contributed by atoms with E-state index in [0.29, 0.717) is 12.3 Å². The van der Waals surface area contributed by atoms with Gasteiger partial charge in [0.15, 0.2) is 0 Å². The van der Waals surface area contributed by atoms with E-state index in [1.165, 1.54) is 0 Å². The molecule has 2 atom stereocenters. The quantitative estimate of drug-likeness (QED) is 0.818. The Labute approximate surface area is 107 Å². The van der Waals surface area contributed by atoms with Crippen LogP contribution in [-0.4, -0.2) is 46.5 Å². The molecule has 1 fully saturated rings. The predicted molar refractivity (Wildman–Crippen MR) is 69.2 cm³/mol. The fourth-order valence-corrected chi connectivity index (χ4v) is 2.54. The van der Waals surface area contributed by atoms with Crippen molar-refractivity contribution in [2.24, 2.45) is 5.92 Å². The summed E-state index contributed by atoms with van der Waals surface area (Å²) in [4.78, 5) is 24.4. The summed E-state index contributed by atoms with van der Waals surface area (Å²) >= 11 is 1.56. The molecule has 1 N–H and O–H groups in total. The zero-order chi connectivity index (χ0) is 12.8. The van der Waals surface area contributed by atoms with Crippen LogP contribution in [-0.2, 0) is 9.59 Å². The van der Waals surface area contributed by atoms with Crippen LogP contribution in [0.2, 0.25) is 0 Å². The minimum Gasteiger partial charge on any atom is -0.481 e. The third-order valence-corrected chi connectivity index (χ3v) is 4.21. The number of hydrogen-bond donors (Lipinski definition) is 1. The minimum atomic E-state index is -0.745. The molecule has 4 nitrogen and oxygen atoms in total. The Hall–Kier alpha value is -0.710. The van der Waals surface area contributed by atoms with Crippen molar-refractivity contribution in [3.05, 3.63) is 0 Å². The predicted octanol–water partition coefficient (Wildman–Crippen LogP) is 1.84. The van der Waals surface area contributed by atoms with E-state index in [1.807, 2.05) is 18.1 Å². The van der Waals surface area contributed by atoms with E-state index in [1.54, 1.807) is 11.8 Å². The van der Waals surface area contributed by atoms with Crippen LogP contribution in [0, 0.1) is 5.92 Å². The lowest BCUT2D eigenvalue weighted by atomic mass is 9.93. The molecule has 0 spiro atoms. The SMILES string of the molecule is CSC(C)C(=O)N1CCCC(CCC(=O)O)C1. The fourth-order valence-electron chi connectivity index (χ4n) is 2.19. The van der Waals surface area contributed by atoms with Gasteiger partial charge in [-0.25, -0.2) is 0 Å². The topological polar surface area (TPSA) is 57.6 Å². The molecular weight excluding hydrogens is 238 g/mol. The molecule has 0 aromatic rings. The Balaban J connectivity index is 2.43. The van der Waals surface area contributed by atoms with Crippen LogP contribution in [0.4, 0.5) is 0 Å². The van der Waals surface area contributed by atoms with Gasteiger partial charge in [0.1, 0.15) is 0 Å². The number of thioether (sulfide) groups is 1. The van der Waals surface area contributed by atoms with Crippen LogP contribution in [0.3, 0.4) is 0 Å². The molecule has 5 heteroatoms. The number of rotatable bonds is 5. The normalized spacial score (nSPS) is 22.2. The van der Waals surface area contributed by atoms with Crippen molar-refractivity contribution in [1.29, 1.82) is 0 Å². The lowest BCUT2D eigenvalue weighted by Gasteiger charge is -2.34. The number of carboxylic acid groups (broad SMARTS) is 1. The molecule has 1 amide bonds. The summed E-state index contributed by atoms with van der Waals surface area (Å²) in [5.74, 6) is -0.193. The molecule has 1 rings (SSSR count). The standard InChI is InChI=1S/C12H21NO3S/c1-9(17-2)12(16)13-7-3-4-10(8-13)5-6-11(14)15/h9-10H,3-8H2,1-2H3,(H,14,15). The van der Waals surface area contributed by atoms with Gasteiger partial charge in [0.2, 0.25) is 5.91 Å². The number of amides is 1. The Morgan fingerprint density at radius 3 is 2.82 bits per heavy atom. The maximum absolute atomic E-state index is 12.0. The van der Waals surface area contributed by atoms with E-state index in [-0.39, 0.29) is 17.6 Å². The van der Waals surface area contributed by atoms with Crippen molar-refractivity contribution >= 4 is 23.6 Å². The largest absolute Gasteiger partial charge is 0.481 e. The molecule has 17 heavy (non-hydrogen) atoms. The second-order valence-corrected chi connectivity index (χ2v) is 5.78. The monoisotopic (exact) mass is 259 g/mol. The highest BCUT2D eigenvalue weighted by Gasteiger charge is 2.26. The molecule has 0 saturated carbocycles. The van der Waals surface area contributed by atoms with Crippen LogP contribution in [0.5, 0.6) is 0 Å². The lowest BCUT2D eigenvalue weighted by molar-refractivity contribution is -0.137. The zero-order valence-corrected chi connectivity index (χ0v) is 11.3. The number of hydrogen-bond acceptors (Lipinski definition) is 3. The smallest absolute Gasteiger partial charge is 0.303 e. The molecule has 98 valence electrons. The fraction of sp³-hybridized carbons (Fsp3) is 0.833. The first-order valence-corrected chi connectivity index (χ1v) is 7.36. The second-order valence-electron chi connectivity index (χ2n) is 4.60. The average molecular weight is 259 g/mol. The summed E-state index contributed by atoms with van der Waals surface area (Å²) in [6, 6.07) is 0. The van der Waals surface area contributed by atoms with Gasteiger partial charge in [-0.05, 0) is 38.4 Å². The summed E-state index contributed by atoms with van der Waals surface area (Å²) in [6.07, 6.45) is 4.88. The Kier molecular flexibility index (Phi) is 5.82.